The molecule has 2 atom stereocenters. The Bertz CT molecular complexity index is 1320. The number of halogens is 2. The third-order valence-electron chi connectivity index (χ3n) is 7.76. The molecular weight excluding hydrogens is 731 g/mol. The molecule has 0 spiro atoms. The number of fused-ring (bicyclic) bond motifs is 1. The van der Waals surface area contributed by atoms with E-state index < -0.39 is 0 Å². The van der Waals surface area contributed by atoms with Crippen molar-refractivity contribution in [2.75, 3.05) is 20.7 Å². The molecule has 2 aliphatic rings. The average Bonchev–Trinajstić information content (AvgIpc) is 3.78. The van der Waals surface area contributed by atoms with Gasteiger partial charge in [-0.1, -0.05) is 85.6 Å². The smallest absolute Gasteiger partial charge is 0.299 e. The van der Waals surface area contributed by atoms with Gasteiger partial charge in [-0.15, -0.1) is 29.3 Å². The van der Waals surface area contributed by atoms with E-state index in [0.717, 1.165) is 41.6 Å². The lowest BCUT2D eigenvalue weighted by Crippen LogP contribution is -2.32. The van der Waals surface area contributed by atoms with Crippen LogP contribution >= 0.6 is 54.5 Å². The van der Waals surface area contributed by atoms with Crippen LogP contribution in [0.1, 0.15) is 102 Å². The zero-order valence-corrected chi connectivity index (χ0v) is 32.9. The van der Waals surface area contributed by atoms with E-state index in [4.69, 9.17) is 4.65 Å². The van der Waals surface area contributed by atoms with E-state index in [-0.39, 0.29) is 11.8 Å². The van der Waals surface area contributed by atoms with Crippen molar-refractivity contribution in [2.24, 2.45) is 5.92 Å². The van der Waals surface area contributed by atoms with Gasteiger partial charge in [-0.05, 0) is 80.7 Å². The number of allylic oxidation sites excluding steroid dienone is 1. The molecule has 0 saturated carbocycles. The maximum Gasteiger partial charge on any atom is 0.299 e. The summed E-state index contributed by atoms with van der Waals surface area (Å²) in [4.78, 5) is 33.3. The Labute approximate surface area is 297 Å². The van der Waals surface area contributed by atoms with Crippen molar-refractivity contribution in [2.45, 2.75) is 98.2 Å². The molecule has 0 aliphatic carbocycles. The molecule has 247 valence electrons. The summed E-state index contributed by atoms with van der Waals surface area (Å²) in [5.41, 5.74) is 2.66. The molecule has 0 aromatic carbocycles. The molecule has 2 amide bonds. The molecule has 0 saturated heterocycles. The van der Waals surface area contributed by atoms with Gasteiger partial charge in [0.1, 0.15) is 0 Å². The molecular formula is C35H50BBr2N2O3S2. The molecule has 2 aromatic rings. The molecule has 1 radical (unpaired) electrons. The Hall–Kier alpha value is -1.46. The van der Waals surface area contributed by atoms with Crippen LogP contribution in [0.15, 0.2) is 55.6 Å². The molecule has 0 N–H and O–H groups in total. The summed E-state index contributed by atoms with van der Waals surface area (Å²) in [6.07, 6.45) is 12.6. The zero-order chi connectivity index (χ0) is 33.5. The second-order valence-electron chi connectivity index (χ2n) is 11.1. The number of thiophene rings is 2. The molecule has 4 rings (SSSR count). The average molecular weight is 782 g/mol. The molecule has 5 nitrogen and oxygen atoms in total. The second-order valence-corrected chi connectivity index (χ2v) is 16.0. The largest absolute Gasteiger partial charge is 0.442 e. The van der Waals surface area contributed by atoms with Crippen LogP contribution in [0.2, 0.25) is 5.82 Å². The summed E-state index contributed by atoms with van der Waals surface area (Å²) in [6.45, 7) is 14.7. The molecule has 45 heavy (non-hydrogen) atoms. The quantitative estimate of drug-likeness (QED) is 0.0968. The number of likely N-dealkylation sites (N-methyl/N-ethyl adjacent to an activating group) is 1. The van der Waals surface area contributed by atoms with Crippen LogP contribution in [0.5, 0.6) is 0 Å². The molecule has 2 aliphatic heterocycles. The van der Waals surface area contributed by atoms with Gasteiger partial charge in [-0.3, -0.25) is 9.59 Å². The fourth-order valence-corrected chi connectivity index (χ4v) is 8.38. The first-order valence-corrected chi connectivity index (χ1v) is 19.5. The molecule has 10 heteroatoms. The fourth-order valence-electron chi connectivity index (χ4n) is 5.46. The van der Waals surface area contributed by atoms with E-state index in [1.807, 2.05) is 56.0 Å². The van der Waals surface area contributed by atoms with Crippen LogP contribution in [0.4, 0.5) is 0 Å². The Morgan fingerprint density at radius 3 is 1.84 bits per heavy atom. The van der Waals surface area contributed by atoms with Gasteiger partial charge in [0.05, 0.1) is 39.9 Å². The van der Waals surface area contributed by atoms with Gasteiger partial charge in [0, 0.05) is 20.7 Å². The summed E-state index contributed by atoms with van der Waals surface area (Å²) < 4.78 is 6.68. The number of carbonyl (C=O) groups excluding carboxylic acids is 2. The zero-order valence-electron chi connectivity index (χ0n) is 28.1. The molecule has 0 fully saturated rings. The Kier molecular flexibility index (Phi) is 18.3. The first-order valence-electron chi connectivity index (χ1n) is 16.3. The topological polar surface area (TPSA) is 49.9 Å². The summed E-state index contributed by atoms with van der Waals surface area (Å²) in [5.74, 6) is 0.675. The van der Waals surface area contributed by atoms with E-state index in [2.05, 4.69) is 52.3 Å². The summed E-state index contributed by atoms with van der Waals surface area (Å²) in [6, 6.07) is 7.99. The Balaban J connectivity index is 0.000000692. The highest BCUT2D eigenvalue weighted by Gasteiger charge is 2.48. The van der Waals surface area contributed by atoms with E-state index in [1.165, 1.54) is 44.9 Å². The van der Waals surface area contributed by atoms with Crippen molar-refractivity contribution >= 4 is 85.2 Å². The number of unbranched alkanes of at least 4 members (excludes halogenated alkanes) is 5. The van der Waals surface area contributed by atoms with Crippen molar-refractivity contribution < 1.29 is 14.2 Å². The van der Waals surface area contributed by atoms with Gasteiger partial charge in [-0.25, -0.2) is 0 Å². The van der Waals surface area contributed by atoms with Gasteiger partial charge < -0.3 is 14.5 Å². The van der Waals surface area contributed by atoms with E-state index in [1.54, 1.807) is 49.2 Å². The fraction of sp³-hybridized carbons (Fsp3) is 0.543. The van der Waals surface area contributed by atoms with Crippen molar-refractivity contribution in [1.82, 2.24) is 9.80 Å². The Morgan fingerprint density at radius 1 is 0.867 bits per heavy atom. The highest BCUT2D eigenvalue weighted by molar-refractivity contribution is 9.11. The third kappa shape index (κ3) is 10.8. The summed E-state index contributed by atoms with van der Waals surface area (Å²) in [5, 5.41) is 0. The number of rotatable bonds is 16. The molecule has 0 bridgehead atoms. The minimum atomic E-state index is -0.0922. The van der Waals surface area contributed by atoms with Crippen LogP contribution in [-0.4, -0.2) is 49.8 Å². The minimum absolute atomic E-state index is 0.0317. The maximum atomic E-state index is 14.1. The van der Waals surface area contributed by atoms with Gasteiger partial charge in [0.15, 0.2) is 0 Å². The van der Waals surface area contributed by atoms with Crippen LogP contribution < -0.4 is 0 Å². The third-order valence-corrected chi connectivity index (χ3v) is 11.0. The summed E-state index contributed by atoms with van der Waals surface area (Å²) in [7, 11) is 5.15. The van der Waals surface area contributed by atoms with Crippen molar-refractivity contribution in [1.29, 1.82) is 0 Å². The van der Waals surface area contributed by atoms with Crippen molar-refractivity contribution in [3.05, 3.63) is 65.4 Å². The number of nitrogens with zero attached hydrogens (tertiary/aromatic N) is 2. The highest BCUT2D eigenvalue weighted by atomic mass is 79.9. The number of carbonyl (C=O) groups is 2. The predicted octanol–water partition coefficient (Wildman–Crippen LogP) is 11.2. The SMILES string of the molecule is C=CC(C)[B]OC.CC.CCCCCCC(CCCCC)CN1C(=O)C2=C(c3ccc(Br)s3)N(C)C(=O)C2=C1c1ccc(Br)s1. The number of amides is 2. The van der Waals surface area contributed by atoms with Crippen LogP contribution in [0.3, 0.4) is 0 Å². The lowest BCUT2D eigenvalue weighted by Gasteiger charge is -2.27. The van der Waals surface area contributed by atoms with E-state index in [9.17, 15) is 9.59 Å². The Morgan fingerprint density at radius 2 is 1.38 bits per heavy atom. The molecule has 2 unspecified atom stereocenters. The second kappa shape index (κ2) is 20.7. The van der Waals surface area contributed by atoms with Gasteiger partial charge in [-0.2, -0.15) is 0 Å². The lowest BCUT2D eigenvalue weighted by atomic mass is 9.82. The number of hydrogen-bond acceptors (Lipinski definition) is 5. The van der Waals surface area contributed by atoms with E-state index >= 15 is 0 Å². The predicted molar refractivity (Wildman–Crippen MR) is 202 cm³/mol. The van der Waals surface area contributed by atoms with Crippen LogP contribution in [-0.2, 0) is 14.2 Å². The van der Waals surface area contributed by atoms with E-state index in [0.29, 0.717) is 29.4 Å². The first kappa shape index (κ1) is 39.7. The van der Waals surface area contributed by atoms with Crippen molar-refractivity contribution in [3.63, 3.8) is 0 Å². The maximum absolute atomic E-state index is 14.1. The van der Waals surface area contributed by atoms with Gasteiger partial charge in [0.2, 0.25) is 0 Å². The monoisotopic (exact) mass is 779 g/mol. The van der Waals surface area contributed by atoms with Crippen LogP contribution in [0, 0.1) is 5.92 Å². The lowest BCUT2D eigenvalue weighted by molar-refractivity contribution is -0.124. The van der Waals surface area contributed by atoms with Crippen LogP contribution in [0.25, 0.3) is 11.4 Å². The normalized spacial score (nSPS) is 15.5. The standard InChI is InChI=1S/C28H34Br2N2O2S2.C5H10BO.C2H6/c1-4-6-8-10-12-18(11-9-7-5-2)17-32-26(20-14-16-22(30)36-20)24-23(28(32)34)25(31(3)27(24)33)19-13-15-21(29)35-19;1-4-5(2)6-7-3;1-2/h13-16,18H,4-12,17H2,1-3H3;4-5H,1H2,2-3H3;1-2H3. The van der Waals surface area contributed by atoms with Gasteiger partial charge >= 0.3 is 0 Å². The summed E-state index contributed by atoms with van der Waals surface area (Å²) >= 11 is 10.3. The van der Waals surface area contributed by atoms with Crippen molar-refractivity contribution in [3.8, 4) is 0 Å². The molecule has 2 aromatic heterocycles. The first-order chi connectivity index (χ1) is 21.7. The molecule has 4 heterocycles. The van der Waals surface area contributed by atoms with Gasteiger partial charge in [0.25, 0.3) is 19.3 Å². The minimum Gasteiger partial charge on any atom is -0.442 e. The highest BCUT2D eigenvalue weighted by Crippen LogP contribution is 2.49. The number of hydrogen-bond donors (Lipinski definition) is 0.